The zero-order valence-corrected chi connectivity index (χ0v) is 15.1. The van der Waals surface area contributed by atoms with Gasteiger partial charge in [-0.3, -0.25) is 0 Å². The third kappa shape index (κ3) is 1.77. The van der Waals surface area contributed by atoms with Gasteiger partial charge in [0.15, 0.2) is 5.79 Å². The van der Waals surface area contributed by atoms with Crippen molar-refractivity contribution in [1.29, 1.82) is 0 Å². The normalized spacial score (nSPS) is 31.5. The van der Waals surface area contributed by atoms with Crippen molar-refractivity contribution in [2.75, 3.05) is 13.2 Å². The molecule has 1 heterocycles. The van der Waals surface area contributed by atoms with Crippen LogP contribution in [0.2, 0.25) is 20.1 Å². The van der Waals surface area contributed by atoms with Crippen molar-refractivity contribution in [3.63, 3.8) is 0 Å². The molecule has 4 aliphatic rings. The molecule has 1 aromatic carbocycles. The van der Waals surface area contributed by atoms with Crippen LogP contribution in [0.1, 0.15) is 37.3 Å². The standard InChI is InChI=1S/C16H14Cl4O2/c1-7-5-15(2)6-16(21-3-4-22-16)9(7)8-10(15)12(18)14(20)13(19)11(8)17/h5,9H,3-4,6H2,1-2H3. The molecule has 5 rings (SSSR count). The van der Waals surface area contributed by atoms with Gasteiger partial charge in [0.25, 0.3) is 0 Å². The first kappa shape index (κ1) is 15.6. The van der Waals surface area contributed by atoms with E-state index in [4.69, 9.17) is 55.9 Å². The van der Waals surface area contributed by atoms with Gasteiger partial charge in [-0.2, -0.15) is 0 Å². The molecule has 2 bridgehead atoms. The molecule has 22 heavy (non-hydrogen) atoms. The second kappa shape index (κ2) is 4.78. The molecule has 2 unspecified atom stereocenters. The Balaban J connectivity index is 2.09. The van der Waals surface area contributed by atoms with Gasteiger partial charge in [-0.25, -0.2) is 0 Å². The molecule has 1 aromatic rings. The Bertz CT molecular complexity index is 722. The van der Waals surface area contributed by atoms with Crippen LogP contribution in [0.4, 0.5) is 0 Å². The number of ether oxygens (including phenoxy) is 2. The van der Waals surface area contributed by atoms with E-state index in [0.29, 0.717) is 39.7 Å². The van der Waals surface area contributed by atoms with Gasteiger partial charge in [-0.15, -0.1) is 0 Å². The summed E-state index contributed by atoms with van der Waals surface area (Å²) in [6.07, 6.45) is 2.92. The predicted octanol–water partition coefficient (Wildman–Crippen LogP) is 5.75. The smallest absolute Gasteiger partial charge is 0.180 e. The molecular formula is C16H14Cl4O2. The van der Waals surface area contributed by atoms with Gasteiger partial charge in [0.1, 0.15) is 0 Å². The molecule has 1 saturated heterocycles. The monoisotopic (exact) mass is 378 g/mol. The fourth-order valence-corrected chi connectivity index (χ4v) is 5.62. The topological polar surface area (TPSA) is 18.5 Å². The Kier molecular flexibility index (Phi) is 3.38. The lowest BCUT2D eigenvalue weighted by molar-refractivity contribution is -0.189. The lowest BCUT2D eigenvalue weighted by Gasteiger charge is -2.53. The summed E-state index contributed by atoms with van der Waals surface area (Å²) in [6.45, 7) is 5.36. The van der Waals surface area contributed by atoms with Crippen molar-refractivity contribution >= 4 is 46.4 Å². The van der Waals surface area contributed by atoms with Gasteiger partial charge in [-0.05, 0) is 18.1 Å². The molecule has 118 valence electrons. The third-order valence-electron chi connectivity index (χ3n) is 4.99. The van der Waals surface area contributed by atoms with Crippen LogP contribution in [0.15, 0.2) is 11.6 Å². The molecule has 2 nitrogen and oxygen atoms in total. The van der Waals surface area contributed by atoms with E-state index >= 15 is 0 Å². The largest absolute Gasteiger partial charge is 0.347 e. The summed E-state index contributed by atoms with van der Waals surface area (Å²) < 4.78 is 12.1. The molecule has 0 radical (unpaired) electrons. The first-order chi connectivity index (χ1) is 10.3. The minimum atomic E-state index is -0.676. The van der Waals surface area contributed by atoms with Crippen LogP contribution in [-0.2, 0) is 14.9 Å². The average molecular weight is 380 g/mol. The number of hydrogen-bond donors (Lipinski definition) is 0. The fourth-order valence-electron chi connectivity index (χ4n) is 4.42. The second-order valence-corrected chi connectivity index (χ2v) is 7.98. The molecule has 0 saturated carbocycles. The van der Waals surface area contributed by atoms with E-state index < -0.39 is 5.79 Å². The van der Waals surface area contributed by atoms with Crippen LogP contribution >= 0.6 is 46.4 Å². The van der Waals surface area contributed by atoms with E-state index in [1.807, 2.05) is 0 Å². The van der Waals surface area contributed by atoms with Gasteiger partial charge in [0, 0.05) is 11.8 Å². The summed E-state index contributed by atoms with van der Waals surface area (Å²) in [7, 11) is 0. The highest BCUT2D eigenvalue weighted by molar-refractivity contribution is 6.52. The van der Waals surface area contributed by atoms with E-state index in [1.165, 1.54) is 5.57 Å². The fraction of sp³-hybridized carbons (Fsp3) is 0.500. The van der Waals surface area contributed by atoms with Gasteiger partial charge in [0.05, 0.1) is 39.2 Å². The molecular weight excluding hydrogens is 366 g/mol. The van der Waals surface area contributed by atoms with Crippen molar-refractivity contribution < 1.29 is 9.47 Å². The quantitative estimate of drug-likeness (QED) is 0.324. The summed E-state index contributed by atoms with van der Waals surface area (Å²) in [6, 6.07) is 0. The van der Waals surface area contributed by atoms with Crippen molar-refractivity contribution in [3.8, 4) is 0 Å². The van der Waals surface area contributed by atoms with Crippen molar-refractivity contribution in [2.45, 2.75) is 37.4 Å². The highest BCUT2D eigenvalue weighted by atomic mass is 35.5. The molecule has 0 N–H and O–H groups in total. The van der Waals surface area contributed by atoms with Gasteiger partial charge >= 0.3 is 0 Å². The molecule has 0 amide bonds. The molecule has 3 aliphatic carbocycles. The number of rotatable bonds is 0. The Morgan fingerprint density at radius 1 is 1.00 bits per heavy atom. The highest BCUT2D eigenvalue weighted by Gasteiger charge is 2.59. The van der Waals surface area contributed by atoms with Crippen molar-refractivity contribution in [1.82, 2.24) is 0 Å². The van der Waals surface area contributed by atoms with E-state index in [2.05, 4.69) is 19.9 Å². The predicted molar refractivity (Wildman–Crippen MR) is 89.6 cm³/mol. The Morgan fingerprint density at radius 2 is 1.59 bits per heavy atom. The minimum Gasteiger partial charge on any atom is -0.347 e. The molecule has 0 aromatic heterocycles. The number of hydrogen-bond acceptors (Lipinski definition) is 2. The maximum absolute atomic E-state index is 6.56. The van der Waals surface area contributed by atoms with Crippen LogP contribution < -0.4 is 0 Å². The van der Waals surface area contributed by atoms with Crippen molar-refractivity contribution in [2.24, 2.45) is 0 Å². The van der Waals surface area contributed by atoms with E-state index in [9.17, 15) is 0 Å². The lowest BCUT2D eigenvalue weighted by atomic mass is 9.57. The Morgan fingerprint density at radius 3 is 2.23 bits per heavy atom. The third-order valence-corrected chi connectivity index (χ3v) is 6.81. The zero-order chi connectivity index (χ0) is 15.9. The maximum Gasteiger partial charge on any atom is 0.180 e. The average Bonchev–Trinajstić information content (AvgIpc) is 2.88. The second-order valence-electron chi connectivity index (χ2n) is 6.47. The first-order valence-corrected chi connectivity index (χ1v) is 8.65. The zero-order valence-electron chi connectivity index (χ0n) is 12.1. The molecule has 1 spiro atoms. The summed E-state index contributed by atoms with van der Waals surface area (Å²) in [5, 5.41) is 1.54. The molecule has 6 heteroatoms. The van der Waals surface area contributed by atoms with Crippen LogP contribution in [0, 0.1) is 0 Å². The number of benzene rings is 1. The van der Waals surface area contributed by atoms with Crippen molar-refractivity contribution in [3.05, 3.63) is 42.9 Å². The van der Waals surface area contributed by atoms with Crippen LogP contribution in [0.25, 0.3) is 0 Å². The van der Waals surface area contributed by atoms with E-state index in [-0.39, 0.29) is 11.3 Å². The molecule has 1 aliphatic heterocycles. The van der Waals surface area contributed by atoms with Crippen LogP contribution in [-0.4, -0.2) is 19.0 Å². The SMILES string of the molecule is CC1=CC2(C)CC3(OCCO3)C1c1c(Cl)c(Cl)c(Cl)c(Cl)c12. The molecule has 2 atom stereocenters. The number of halogens is 4. The van der Waals surface area contributed by atoms with Gasteiger partial charge in [-0.1, -0.05) is 65.0 Å². The maximum atomic E-state index is 6.56. The van der Waals surface area contributed by atoms with Crippen LogP contribution in [0.3, 0.4) is 0 Å². The summed E-state index contributed by atoms with van der Waals surface area (Å²) in [5.74, 6) is -0.781. The summed E-state index contributed by atoms with van der Waals surface area (Å²) in [5.41, 5.74) is 2.68. The Hall–Kier alpha value is 0.0400. The first-order valence-electron chi connectivity index (χ1n) is 7.14. The Labute approximate surface area is 149 Å². The van der Waals surface area contributed by atoms with Gasteiger partial charge < -0.3 is 9.47 Å². The van der Waals surface area contributed by atoms with E-state index in [0.717, 1.165) is 11.1 Å². The number of allylic oxidation sites excluding steroid dienone is 1. The van der Waals surface area contributed by atoms with Crippen LogP contribution in [0.5, 0.6) is 0 Å². The highest BCUT2D eigenvalue weighted by Crippen LogP contribution is 2.63. The summed E-state index contributed by atoms with van der Waals surface area (Å²) in [4.78, 5) is 0. The molecule has 1 fully saturated rings. The minimum absolute atomic E-state index is 0.105. The van der Waals surface area contributed by atoms with Gasteiger partial charge in [0.2, 0.25) is 0 Å². The summed E-state index contributed by atoms with van der Waals surface area (Å²) >= 11 is 25.7. The lowest BCUT2D eigenvalue weighted by Crippen LogP contribution is -2.52. The van der Waals surface area contributed by atoms with E-state index in [1.54, 1.807) is 0 Å².